The molecule has 1 aliphatic carbocycles. The lowest BCUT2D eigenvalue weighted by atomic mass is 10.00. The maximum Gasteiger partial charge on any atom is 0.171 e. The van der Waals surface area contributed by atoms with Gasteiger partial charge >= 0.3 is 0 Å². The van der Waals surface area contributed by atoms with Crippen molar-refractivity contribution in [1.29, 1.82) is 0 Å². The summed E-state index contributed by atoms with van der Waals surface area (Å²) in [6.45, 7) is 3.92. The minimum Gasteiger partial charge on any atom is -0.360 e. The topological polar surface area (TPSA) is 73.3 Å². The molecule has 1 aromatic rings. The van der Waals surface area contributed by atoms with Crippen LogP contribution in [0.4, 0.5) is 5.82 Å². The number of Topliss-reactive ketones (excluding diaryl/α,β-unsaturated/α-hetero) is 1. The number of fused-ring (bicyclic) bond motifs is 1. The van der Waals surface area contributed by atoms with Crippen molar-refractivity contribution in [3.8, 4) is 0 Å². The number of halogens is 1. The Morgan fingerprint density at radius 2 is 2.14 bits per heavy atom. The Hall–Kier alpha value is -1.24. The summed E-state index contributed by atoms with van der Waals surface area (Å²) in [4.78, 5) is 20.4. The van der Waals surface area contributed by atoms with Gasteiger partial charge in [0.1, 0.15) is 0 Å². The summed E-state index contributed by atoms with van der Waals surface area (Å²) in [6.07, 6.45) is 4.56. The van der Waals surface area contributed by atoms with E-state index < -0.39 is 5.79 Å². The zero-order chi connectivity index (χ0) is 15.0. The van der Waals surface area contributed by atoms with E-state index in [1.807, 2.05) is 13.8 Å². The van der Waals surface area contributed by atoms with Crippen LogP contribution in [0, 0.1) is 5.92 Å². The molecule has 0 unspecified atom stereocenters. The molecule has 0 amide bonds. The fourth-order valence-electron chi connectivity index (χ4n) is 3.02. The van der Waals surface area contributed by atoms with Gasteiger partial charge in [-0.1, -0.05) is 11.6 Å². The van der Waals surface area contributed by atoms with Crippen molar-refractivity contribution in [2.24, 2.45) is 5.92 Å². The first-order valence-corrected chi connectivity index (χ1v) is 7.43. The number of ether oxygens (including phenoxy) is 2. The second-order valence-electron chi connectivity index (χ2n) is 5.84. The molecule has 7 heteroatoms. The highest BCUT2D eigenvalue weighted by Crippen LogP contribution is 2.41. The number of nitrogens with zero attached hydrogens (tertiary/aromatic N) is 2. The summed E-state index contributed by atoms with van der Waals surface area (Å²) >= 11 is 5.90. The first kappa shape index (κ1) is 14.7. The Balaban J connectivity index is 1.60. The van der Waals surface area contributed by atoms with Gasteiger partial charge in [0.15, 0.2) is 22.5 Å². The second-order valence-corrected chi connectivity index (χ2v) is 6.20. The fourth-order valence-corrected chi connectivity index (χ4v) is 3.19. The third-order valence-corrected chi connectivity index (χ3v) is 4.15. The Bertz CT molecular complexity index is 552. The second kappa shape index (κ2) is 5.51. The molecule has 0 bridgehead atoms. The molecule has 1 saturated carbocycles. The number of anilines is 1. The van der Waals surface area contributed by atoms with Crippen molar-refractivity contribution in [1.82, 2.24) is 9.97 Å². The molecule has 1 aromatic heterocycles. The minimum atomic E-state index is -0.601. The molecule has 2 heterocycles. The highest BCUT2D eigenvalue weighted by molar-refractivity contribution is 6.31. The zero-order valence-electron chi connectivity index (χ0n) is 12.0. The van der Waals surface area contributed by atoms with Gasteiger partial charge in [-0.05, 0) is 26.7 Å². The van der Waals surface area contributed by atoms with Gasteiger partial charge in [0, 0.05) is 18.3 Å². The number of carbonyl (C=O) groups excluding carboxylic acids is 1. The van der Waals surface area contributed by atoms with Crippen molar-refractivity contribution in [3.63, 3.8) is 0 Å². The van der Waals surface area contributed by atoms with Crippen LogP contribution in [0.2, 0.25) is 5.15 Å². The lowest BCUT2D eigenvalue weighted by Crippen LogP contribution is -2.33. The zero-order valence-corrected chi connectivity index (χ0v) is 12.8. The van der Waals surface area contributed by atoms with E-state index in [9.17, 15) is 4.79 Å². The summed E-state index contributed by atoms with van der Waals surface area (Å²) in [5, 5.41) is 3.20. The fraction of sp³-hybridized carbons (Fsp3) is 0.643. The van der Waals surface area contributed by atoms with Crippen molar-refractivity contribution in [2.45, 2.75) is 44.7 Å². The molecule has 2 fully saturated rings. The van der Waals surface area contributed by atoms with Crippen LogP contribution >= 0.6 is 11.6 Å². The first-order chi connectivity index (χ1) is 9.96. The summed E-state index contributed by atoms with van der Waals surface area (Å²) < 4.78 is 11.7. The van der Waals surface area contributed by atoms with Gasteiger partial charge in [0.2, 0.25) is 0 Å². The number of rotatable bonds is 4. The third kappa shape index (κ3) is 3.02. The van der Waals surface area contributed by atoms with Gasteiger partial charge in [0.05, 0.1) is 18.8 Å². The molecule has 0 radical (unpaired) electrons. The SMILES string of the molecule is CC1(C)O[C@@H]2[C@@H](CC[C@H]2C(=O)CNc2nccnc2Cl)O1. The van der Waals surface area contributed by atoms with Crippen molar-refractivity contribution < 1.29 is 14.3 Å². The van der Waals surface area contributed by atoms with Crippen LogP contribution in [-0.4, -0.2) is 40.3 Å². The highest BCUT2D eigenvalue weighted by atomic mass is 35.5. The van der Waals surface area contributed by atoms with Crippen LogP contribution in [0.1, 0.15) is 26.7 Å². The van der Waals surface area contributed by atoms with Crippen molar-refractivity contribution >= 4 is 23.2 Å². The number of carbonyl (C=O) groups is 1. The van der Waals surface area contributed by atoms with Crippen LogP contribution in [0.15, 0.2) is 12.4 Å². The van der Waals surface area contributed by atoms with E-state index in [1.54, 1.807) is 0 Å². The molecule has 3 atom stereocenters. The Morgan fingerprint density at radius 3 is 2.90 bits per heavy atom. The van der Waals surface area contributed by atoms with Gasteiger partial charge in [0.25, 0.3) is 0 Å². The Labute approximate surface area is 128 Å². The first-order valence-electron chi connectivity index (χ1n) is 7.05. The molecule has 1 N–H and O–H groups in total. The average Bonchev–Trinajstić information content (AvgIpc) is 2.92. The number of ketones is 1. The van der Waals surface area contributed by atoms with Crippen LogP contribution in [-0.2, 0) is 14.3 Å². The Morgan fingerprint density at radius 1 is 1.38 bits per heavy atom. The summed E-state index contributed by atoms with van der Waals surface area (Å²) in [5.74, 6) is -0.230. The normalized spacial score (nSPS) is 30.1. The van der Waals surface area contributed by atoms with Gasteiger partial charge in [-0.3, -0.25) is 4.79 Å². The van der Waals surface area contributed by atoms with Gasteiger partial charge in [-0.15, -0.1) is 0 Å². The van der Waals surface area contributed by atoms with E-state index in [0.717, 1.165) is 12.8 Å². The molecule has 2 aliphatic rings. The molecule has 21 heavy (non-hydrogen) atoms. The van der Waals surface area contributed by atoms with E-state index in [0.29, 0.717) is 5.82 Å². The number of aromatic nitrogens is 2. The van der Waals surface area contributed by atoms with Crippen molar-refractivity contribution in [3.05, 3.63) is 17.5 Å². The van der Waals surface area contributed by atoms with Gasteiger partial charge < -0.3 is 14.8 Å². The predicted molar refractivity (Wildman–Crippen MR) is 77.1 cm³/mol. The standard InChI is InChI=1S/C14H18ClN3O3/c1-14(2)20-10-4-3-8(11(10)21-14)9(19)7-18-13-12(15)16-5-6-17-13/h5-6,8,10-11H,3-4,7H2,1-2H3,(H,17,18)/t8-,10+,11-/m0/s1. The van der Waals surface area contributed by atoms with Gasteiger partial charge in [-0.2, -0.15) is 0 Å². The maximum absolute atomic E-state index is 12.4. The third-order valence-electron chi connectivity index (χ3n) is 3.88. The molecular weight excluding hydrogens is 294 g/mol. The van der Waals surface area contributed by atoms with E-state index >= 15 is 0 Å². The molecule has 0 spiro atoms. The van der Waals surface area contributed by atoms with E-state index in [1.165, 1.54) is 12.4 Å². The largest absolute Gasteiger partial charge is 0.360 e. The number of hydrogen-bond acceptors (Lipinski definition) is 6. The lowest BCUT2D eigenvalue weighted by molar-refractivity contribution is -0.158. The quantitative estimate of drug-likeness (QED) is 0.917. The smallest absolute Gasteiger partial charge is 0.171 e. The van der Waals surface area contributed by atoms with Crippen molar-refractivity contribution in [2.75, 3.05) is 11.9 Å². The number of hydrogen-bond donors (Lipinski definition) is 1. The van der Waals surface area contributed by atoms with Gasteiger partial charge in [-0.25, -0.2) is 9.97 Å². The molecule has 0 aromatic carbocycles. The van der Waals surface area contributed by atoms with Crippen LogP contribution in [0.5, 0.6) is 0 Å². The average molecular weight is 312 g/mol. The summed E-state index contributed by atoms with van der Waals surface area (Å²) in [7, 11) is 0. The number of nitrogens with one attached hydrogen (secondary N) is 1. The predicted octanol–water partition coefficient (Wildman–Crippen LogP) is 2.04. The van der Waals surface area contributed by atoms with Crippen LogP contribution < -0.4 is 5.32 Å². The summed E-state index contributed by atoms with van der Waals surface area (Å²) in [5.41, 5.74) is 0. The lowest BCUT2D eigenvalue weighted by Gasteiger charge is -2.21. The maximum atomic E-state index is 12.4. The van der Waals surface area contributed by atoms with E-state index in [-0.39, 0.29) is 35.6 Å². The molecular formula is C14H18ClN3O3. The monoisotopic (exact) mass is 311 g/mol. The Kier molecular flexibility index (Phi) is 3.86. The molecule has 6 nitrogen and oxygen atoms in total. The van der Waals surface area contributed by atoms with E-state index in [4.69, 9.17) is 21.1 Å². The molecule has 1 aliphatic heterocycles. The molecule has 1 saturated heterocycles. The molecule has 114 valence electrons. The van der Waals surface area contributed by atoms with E-state index in [2.05, 4.69) is 15.3 Å². The van der Waals surface area contributed by atoms with Crippen LogP contribution in [0.3, 0.4) is 0 Å². The molecule has 3 rings (SSSR count). The minimum absolute atomic E-state index is 0.0223. The highest BCUT2D eigenvalue weighted by Gasteiger charge is 2.50. The van der Waals surface area contributed by atoms with Crippen LogP contribution in [0.25, 0.3) is 0 Å². The summed E-state index contributed by atoms with van der Waals surface area (Å²) in [6, 6.07) is 0.